The second-order valence-electron chi connectivity index (χ2n) is 5.07. The van der Waals surface area contributed by atoms with Crippen molar-refractivity contribution in [3.63, 3.8) is 0 Å². The summed E-state index contributed by atoms with van der Waals surface area (Å²) in [6, 6.07) is 5.80. The molecular weight excluding hydrogens is 256 g/mol. The Balaban J connectivity index is 1.84. The number of anilines is 1. The number of benzene rings is 1. The van der Waals surface area contributed by atoms with E-state index in [2.05, 4.69) is 10.1 Å². The van der Waals surface area contributed by atoms with Crippen LogP contribution in [-0.4, -0.2) is 19.0 Å². The maximum absolute atomic E-state index is 11.3. The van der Waals surface area contributed by atoms with Crippen molar-refractivity contribution in [2.75, 3.05) is 12.4 Å². The molecule has 1 aliphatic heterocycles. The van der Waals surface area contributed by atoms with Crippen molar-refractivity contribution >= 4 is 17.6 Å². The van der Waals surface area contributed by atoms with E-state index in [1.165, 1.54) is 7.11 Å². The van der Waals surface area contributed by atoms with Gasteiger partial charge < -0.3 is 15.8 Å². The third-order valence-electron chi connectivity index (χ3n) is 3.56. The molecule has 1 aromatic rings. The molecule has 20 heavy (non-hydrogen) atoms. The molecule has 1 unspecified atom stereocenters. The normalized spacial score (nSPS) is 14.6. The molecule has 0 bridgehead atoms. The Morgan fingerprint density at radius 2 is 2.25 bits per heavy atom. The predicted octanol–water partition coefficient (Wildman–Crippen LogP) is 1.91. The number of ether oxygens (including phenoxy) is 1. The second-order valence-corrected chi connectivity index (χ2v) is 5.07. The van der Waals surface area contributed by atoms with E-state index in [1.54, 1.807) is 0 Å². The van der Waals surface area contributed by atoms with Gasteiger partial charge >= 0.3 is 5.97 Å². The molecule has 1 aromatic carbocycles. The molecule has 1 aliphatic rings. The van der Waals surface area contributed by atoms with Gasteiger partial charge in [0.2, 0.25) is 5.91 Å². The number of methoxy groups -OCH3 is 1. The van der Waals surface area contributed by atoms with Crippen LogP contribution in [0.2, 0.25) is 0 Å². The third kappa shape index (κ3) is 3.57. The number of rotatable bonds is 6. The number of hydrogen-bond acceptors (Lipinski definition) is 4. The summed E-state index contributed by atoms with van der Waals surface area (Å²) in [5.41, 5.74) is 9.09. The van der Waals surface area contributed by atoms with Crippen LogP contribution >= 0.6 is 0 Å². The minimum Gasteiger partial charge on any atom is -0.469 e. The van der Waals surface area contributed by atoms with Crippen LogP contribution in [0.4, 0.5) is 5.69 Å². The SMILES string of the molecule is COC(=O)CCCCC(N)c1ccc2c(c1)CC(=O)N2. The van der Waals surface area contributed by atoms with Crippen molar-refractivity contribution in [2.24, 2.45) is 5.73 Å². The lowest BCUT2D eigenvalue weighted by atomic mass is 9.98. The largest absolute Gasteiger partial charge is 0.469 e. The van der Waals surface area contributed by atoms with Crippen molar-refractivity contribution in [1.82, 2.24) is 0 Å². The fraction of sp³-hybridized carbons (Fsp3) is 0.467. The van der Waals surface area contributed by atoms with Crippen molar-refractivity contribution < 1.29 is 14.3 Å². The first-order valence-corrected chi connectivity index (χ1v) is 6.85. The first kappa shape index (κ1) is 14.5. The molecule has 2 rings (SSSR count). The molecular formula is C15H20N2O3. The first-order valence-electron chi connectivity index (χ1n) is 6.85. The van der Waals surface area contributed by atoms with Crippen molar-refractivity contribution in [1.29, 1.82) is 0 Å². The third-order valence-corrected chi connectivity index (χ3v) is 3.56. The number of carbonyl (C=O) groups excluding carboxylic acids is 2. The van der Waals surface area contributed by atoms with E-state index in [0.29, 0.717) is 12.8 Å². The van der Waals surface area contributed by atoms with E-state index in [-0.39, 0.29) is 17.9 Å². The average molecular weight is 276 g/mol. The number of carbonyl (C=O) groups is 2. The standard InChI is InChI=1S/C15H20N2O3/c1-20-15(19)5-3-2-4-12(16)10-6-7-13-11(8-10)9-14(18)17-13/h6-8,12H,2-5,9,16H2,1H3,(H,17,18). The molecule has 3 N–H and O–H groups in total. The summed E-state index contributed by atoms with van der Waals surface area (Å²) in [7, 11) is 1.40. The van der Waals surface area contributed by atoms with Crippen molar-refractivity contribution in [3.05, 3.63) is 29.3 Å². The van der Waals surface area contributed by atoms with Gasteiger partial charge in [-0.25, -0.2) is 0 Å². The highest BCUT2D eigenvalue weighted by Gasteiger charge is 2.18. The van der Waals surface area contributed by atoms with Crippen LogP contribution in [0.5, 0.6) is 0 Å². The summed E-state index contributed by atoms with van der Waals surface area (Å²) in [5, 5.41) is 2.80. The number of fused-ring (bicyclic) bond motifs is 1. The zero-order valence-corrected chi connectivity index (χ0v) is 11.6. The molecule has 5 nitrogen and oxygen atoms in total. The first-order chi connectivity index (χ1) is 9.60. The van der Waals surface area contributed by atoms with Crippen LogP contribution in [0.3, 0.4) is 0 Å². The maximum atomic E-state index is 11.3. The van der Waals surface area contributed by atoms with Crippen LogP contribution in [0.25, 0.3) is 0 Å². The summed E-state index contributed by atoms with van der Waals surface area (Å²) in [6.45, 7) is 0. The Kier molecular flexibility index (Phi) is 4.74. The van der Waals surface area contributed by atoms with Crippen LogP contribution < -0.4 is 11.1 Å². The summed E-state index contributed by atoms with van der Waals surface area (Å²) >= 11 is 0. The van der Waals surface area contributed by atoms with Crippen LogP contribution in [0.1, 0.15) is 42.9 Å². The molecule has 5 heteroatoms. The summed E-state index contributed by atoms with van der Waals surface area (Å²) in [5.74, 6) is -0.149. The molecule has 0 fully saturated rings. The number of hydrogen-bond donors (Lipinski definition) is 2. The van der Waals surface area contributed by atoms with Crippen molar-refractivity contribution in [2.45, 2.75) is 38.1 Å². The van der Waals surface area contributed by atoms with E-state index in [9.17, 15) is 9.59 Å². The summed E-state index contributed by atoms with van der Waals surface area (Å²) in [6.07, 6.45) is 3.34. The predicted molar refractivity (Wildman–Crippen MR) is 76.2 cm³/mol. The minimum absolute atomic E-state index is 0.0313. The van der Waals surface area contributed by atoms with Gasteiger partial charge in [0.1, 0.15) is 0 Å². The van der Waals surface area contributed by atoms with E-state index in [0.717, 1.165) is 36.1 Å². The van der Waals surface area contributed by atoms with Crippen LogP contribution in [0, 0.1) is 0 Å². The molecule has 0 radical (unpaired) electrons. The van der Waals surface area contributed by atoms with Gasteiger partial charge in [-0.3, -0.25) is 9.59 Å². The van der Waals surface area contributed by atoms with E-state index in [1.807, 2.05) is 18.2 Å². The maximum Gasteiger partial charge on any atom is 0.305 e. The van der Waals surface area contributed by atoms with Crippen LogP contribution in [0.15, 0.2) is 18.2 Å². The Morgan fingerprint density at radius 1 is 1.45 bits per heavy atom. The fourth-order valence-corrected chi connectivity index (χ4v) is 2.38. The van der Waals surface area contributed by atoms with Gasteiger partial charge in [-0.2, -0.15) is 0 Å². The zero-order chi connectivity index (χ0) is 14.5. The van der Waals surface area contributed by atoms with Gasteiger partial charge in [0.05, 0.1) is 13.5 Å². The zero-order valence-electron chi connectivity index (χ0n) is 11.6. The van der Waals surface area contributed by atoms with Gasteiger partial charge in [-0.15, -0.1) is 0 Å². The molecule has 1 atom stereocenters. The number of nitrogens with two attached hydrogens (primary N) is 1. The van der Waals surface area contributed by atoms with Gasteiger partial charge in [-0.1, -0.05) is 18.6 Å². The molecule has 0 aromatic heterocycles. The Labute approximate surface area is 118 Å². The lowest BCUT2D eigenvalue weighted by Crippen LogP contribution is -2.10. The second kappa shape index (κ2) is 6.52. The topological polar surface area (TPSA) is 81.4 Å². The van der Waals surface area contributed by atoms with Crippen LogP contribution in [-0.2, 0) is 20.7 Å². The number of esters is 1. The molecule has 108 valence electrons. The van der Waals surface area contributed by atoms with E-state index in [4.69, 9.17) is 5.73 Å². The molecule has 0 spiro atoms. The van der Waals surface area contributed by atoms with Gasteiger partial charge in [0, 0.05) is 18.2 Å². The molecule has 1 heterocycles. The Bertz CT molecular complexity index is 514. The smallest absolute Gasteiger partial charge is 0.305 e. The number of unbranched alkanes of at least 4 members (excludes halogenated alkanes) is 1. The highest BCUT2D eigenvalue weighted by Crippen LogP contribution is 2.27. The molecule has 0 saturated carbocycles. The van der Waals surface area contributed by atoms with Gasteiger partial charge in [0.15, 0.2) is 0 Å². The van der Waals surface area contributed by atoms with E-state index >= 15 is 0 Å². The molecule has 1 amide bonds. The Morgan fingerprint density at radius 3 is 3.00 bits per heavy atom. The van der Waals surface area contributed by atoms with Gasteiger partial charge in [0.25, 0.3) is 0 Å². The monoisotopic (exact) mass is 276 g/mol. The van der Waals surface area contributed by atoms with E-state index < -0.39 is 0 Å². The lowest BCUT2D eigenvalue weighted by Gasteiger charge is -2.13. The summed E-state index contributed by atoms with van der Waals surface area (Å²) in [4.78, 5) is 22.3. The Hall–Kier alpha value is -1.88. The molecule has 0 saturated heterocycles. The summed E-state index contributed by atoms with van der Waals surface area (Å²) < 4.78 is 4.59. The van der Waals surface area contributed by atoms with Gasteiger partial charge in [-0.05, 0) is 30.0 Å². The molecule has 0 aliphatic carbocycles. The fourth-order valence-electron chi connectivity index (χ4n) is 2.38. The highest BCUT2D eigenvalue weighted by molar-refractivity contribution is 5.99. The minimum atomic E-state index is -0.180. The van der Waals surface area contributed by atoms with Crippen molar-refractivity contribution in [3.8, 4) is 0 Å². The quantitative estimate of drug-likeness (QED) is 0.614. The average Bonchev–Trinajstić information content (AvgIpc) is 2.81. The number of amides is 1. The number of nitrogens with one attached hydrogen (secondary N) is 1. The lowest BCUT2D eigenvalue weighted by molar-refractivity contribution is -0.140. The highest BCUT2D eigenvalue weighted by atomic mass is 16.5.